The van der Waals surface area contributed by atoms with Gasteiger partial charge in [0.1, 0.15) is 6.54 Å². The van der Waals surface area contributed by atoms with Crippen LogP contribution >= 0.6 is 0 Å². The standard InChI is InChI=1S/C13H18N2O5S/c1-3-14-21(19,20)11-6-4-10(5-7-11)8-12(16)15(2)9-13(17)18/h4-7,14H,3,8-9H2,1-2H3,(H,17,18). The number of carbonyl (C=O) groups excluding carboxylic acids is 1. The van der Waals surface area contributed by atoms with Gasteiger partial charge in [-0.15, -0.1) is 0 Å². The largest absolute Gasteiger partial charge is 0.480 e. The molecule has 0 spiro atoms. The summed E-state index contributed by atoms with van der Waals surface area (Å²) in [7, 11) is -2.11. The minimum absolute atomic E-state index is 0.0192. The highest BCUT2D eigenvalue weighted by Crippen LogP contribution is 2.11. The molecule has 1 aromatic rings. The number of likely N-dealkylation sites (N-methyl/N-ethyl adjacent to an activating group) is 1. The van der Waals surface area contributed by atoms with Crippen LogP contribution in [0, 0.1) is 0 Å². The van der Waals surface area contributed by atoms with E-state index in [1.165, 1.54) is 31.3 Å². The first-order valence-electron chi connectivity index (χ1n) is 6.30. The van der Waals surface area contributed by atoms with Crippen molar-refractivity contribution in [2.24, 2.45) is 0 Å². The molecule has 0 bridgehead atoms. The van der Waals surface area contributed by atoms with Crippen molar-refractivity contribution in [1.29, 1.82) is 0 Å². The zero-order chi connectivity index (χ0) is 16.0. The normalized spacial score (nSPS) is 11.1. The number of rotatable bonds is 7. The summed E-state index contributed by atoms with van der Waals surface area (Å²) in [4.78, 5) is 23.5. The molecule has 0 radical (unpaired) electrons. The van der Waals surface area contributed by atoms with E-state index in [9.17, 15) is 18.0 Å². The molecule has 1 rings (SSSR count). The van der Waals surface area contributed by atoms with Crippen LogP contribution in [0.1, 0.15) is 12.5 Å². The van der Waals surface area contributed by atoms with E-state index in [2.05, 4.69) is 4.72 Å². The molecule has 0 atom stereocenters. The van der Waals surface area contributed by atoms with Gasteiger partial charge in [0, 0.05) is 13.6 Å². The minimum atomic E-state index is -3.51. The molecule has 0 saturated heterocycles. The molecule has 0 heterocycles. The van der Waals surface area contributed by atoms with Gasteiger partial charge in [-0.05, 0) is 17.7 Å². The molecular formula is C13H18N2O5S. The summed E-state index contributed by atoms with van der Waals surface area (Å²) >= 11 is 0. The molecule has 0 aliphatic rings. The number of aliphatic carboxylic acids is 1. The first-order valence-corrected chi connectivity index (χ1v) is 7.79. The van der Waals surface area contributed by atoms with Crippen molar-refractivity contribution in [3.05, 3.63) is 29.8 Å². The molecule has 0 aromatic heterocycles. The maximum absolute atomic E-state index is 11.8. The number of hydrogen-bond acceptors (Lipinski definition) is 4. The number of benzene rings is 1. The Hall–Kier alpha value is -1.93. The number of nitrogens with zero attached hydrogens (tertiary/aromatic N) is 1. The molecule has 8 heteroatoms. The third-order valence-electron chi connectivity index (χ3n) is 2.72. The molecule has 0 saturated carbocycles. The summed E-state index contributed by atoms with van der Waals surface area (Å²) in [5.74, 6) is -1.43. The Balaban J connectivity index is 2.75. The van der Waals surface area contributed by atoms with Crippen LogP contribution in [-0.2, 0) is 26.0 Å². The fourth-order valence-electron chi connectivity index (χ4n) is 1.66. The van der Waals surface area contributed by atoms with Crippen molar-refractivity contribution in [2.45, 2.75) is 18.2 Å². The second-order valence-electron chi connectivity index (χ2n) is 4.47. The van der Waals surface area contributed by atoms with Gasteiger partial charge >= 0.3 is 5.97 Å². The van der Waals surface area contributed by atoms with Gasteiger partial charge in [0.05, 0.1) is 11.3 Å². The van der Waals surface area contributed by atoms with Crippen molar-refractivity contribution in [1.82, 2.24) is 9.62 Å². The smallest absolute Gasteiger partial charge is 0.323 e. The van der Waals surface area contributed by atoms with Crippen LogP contribution in [0.4, 0.5) is 0 Å². The fourth-order valence-corrected chi connectivity index (χ4v) is 2.70. The predicted octanol–water partition coefficient (Wildman–Crippen LogP) is 0.0703. The lowest BCUT2D eigenvalue weighted by molar-refractivity contribution is -0.143. The molecule has 0 aliphatic heterocycles. The van der Waals surface area contributed by atoms with Gasteiger partial charge in [0.25, 0.3) is 0 Å². The molecule has 116 valence electrons. The van der Waals surface area contributed by atoms with Crippen LogP contribution in [0.2, 0.25) is 0 Å². The van der Waals surface area contributed by atoms with E-state index in [-0.39, 0.29) is 23.8 Å². The van der Waals surface area contributed by atoms with Crippen LogP contribution in [-0.4, -0.2) is 50.4 Å². The van der Waals surface area contributed by atoms with Crippen LogP contribution in [0.25, 0.3) is 0 Å². The van der Waals surface area contributed by atoms with Crippen LogP contribution < -0.4 is 4.72 Å². The van der Waals surface area contributed by atoms with Gasteiger partial charge in [-0.1, -0.05) is 19.1 Å². The Labute approximate surface area is 123 Å². The Bertz CT molecular complexity index is 610. The van der Waals surface area contributed by atoms with Crippen LogP contribution in [0.15, 0.2) is 29.2 Å². The first kappa shape index (κ1) is 17.1. The lowest BCUT2D eigenvalue weighted by atomic mass is 10.1. The molecule has 1 aromatic carbocycles. The maximum atomic E-state index is 11.8. The summed E-state index contributed by atoms with van der Waals surface area (Å²) in [5.41, 5.74) is 0.618. The topological polar surface area (TPSA) is 104 Å². The second-order valence-corrected chi connectivity index (χ2v) is 6.23. The third kappa shape index (κ3) is 5.16. The maximum Gasteiger partial charge on any atom is 0.323 e. The number of hydrogen-bond donors (Lipinski definition) is 2. The summed E-state index contributed by atoms with van der Waals surface area (Å²) in [5, 5.41) is 8.61. The van der Waals surface area contributed by atoms with Crippen molar-refractivity contribution < 1.29 is 23.1 Å². The fraction of sp³-hybridized carbons (Fsp3) is 0.385. The van der Waals surface area contributed by atoms with E-state index in [1.807, 2.05) is 0 Å². The van der Waals surface area contributed by atoms with Crippen molar-refractivity contribution in [2.75, 3.05) is 20.1 Å². The average molecular weight is 314 g/mol. The quantitative estimate of drug-likeness (QED) is 0.741. The second kappa shape index (κ2) is 7.19. The number of nitrogens with one attached hydrogen (secondary N) is 1. The van der Waals surface area contributed by atoms with Crippen molar-refractivity contribution in [3.8, 4) is 0 Å². The van der Waals surface area contributed by atoms with E-state index < -0.39 is 16.0 Å². The zero-order valence-electron chi connectivity index (χ0n) is 11.9. The summed E-state index contributed by atoms with van der Waals surface area (Å²) < 4.78 is 25.9. The van der Waals surface area contributed by atoms with Gasteiger partial charge in [-0.2, -0.15) is 0 Å². The Morgan fingerprint density at radius 2 is 1.81 bits per heavy atom. The molecular weight excluding hydrogens is 296 g/mol. The highest BCUT2D eigenvalue weighted by molar-refractivity contribution is 7.89. The summed E-state index contributed by atoms with van der Waals surface area (Å²) in [6.07, 6.45) is 0.0192. The molecule has 7 nitrogen and oxygen atoms in total. The number of carboxylic acid groups (broad SMARTS) is 1. The lowest BCUT2D eigenvalue weighted by Gasteiger charge is -2.14. The molecule has 0 unspecified atom stereocenters. The van der Waals surface area contributed by atoms with Gasteiger partial charge < -0.3 is 10.0 Å². The number of carbonyl (C=O) groups is 2. The van der Waals surface area contributed by atoms with Crippen LogP contribution in [0.3, 0.4) is 0 Å². The lowest BCUT2D eigenvalue weighted by Crippen LogP contribution is -2.33. The molecule has 0 aliphatic carbocycles. The summed E-state index contributed by atoms with van der Waals surface area (Å²) in [6.45, 7) is 1.61. The van der Waals surface area contributed by atoms with E-state index in [1.54, 1.807) is 6.92 Å². The minimum Gasteiger partial charge on any atom is -0.480 e. The highest BCUT2D eigenvalue weighted by Gasteiger charge is 2.15. The molecule has 21 heavy (non-hydrogen) atoms. The highest BCUT2D eigenvalue weighted by atomic mass is 32.2. The van der Waals surface area contributed by atoms with E-state index in [0.29, 0.717) is 12.1 Å². The number of amides is 1. The first-order chi connectivity index (χ1) is 9.76. The van der Waals surface area contributed by atoms with Crippen molar-refractivity contribution in [3.63, 3.8) is 0 Å². The Morgan fingerprint density at radius 3 is 2.29 bits per heavy atom. The molecule has 0 fully saturated rings. The predicted molar refractivity (Wildman–Crippen MR) is 76.3 cm³/mol. The number of carboxylic acids is 1. The molecule has 2 N–H and O–H groups in total. The Morgan fingerprint density at radius 1 is 1.24 bits per heavy atom. The van der Waals surface area contributed by atoms with Crippen molar-refractivity contribution >= 4 is 21.9 Å². The van der Waals surface area contributed by atoms with E-state index in [0.717, 1.165) is 4.90 Å². The van der Waals surface area contributed by atoms with Gasteiger partial charge in [-0.25, -0.2) is 13.1 Å². The number of sulfonamides is 1. The third-order valence-corrected chi connectivity index (χ3v) is 4.28. The Kier molecular flexibility index (Phi) is 5.86. The molecule has 1 amide bonds. The zero-order valence-corrected chi connectivity index (χ0v) is 12.7. The van der Waals surface area contributed by atoms with Gasteiger partial charge in [0.2, 0.25) is 15.9 Å². The van der Waals surface area contributed by atoms with Gasteiger partial charge in [-0.3, -0.25) is 9.59 Å². The summed E-state index contributed by atoms with van der Waals surface area (Å²) in [6, 6.07) is 5.91. The van der Waals surface area contributed by atoms with Gasteiger partial charge in [0.15, 0.2) is 0 Å². The van der Waals surface area contributed by atoms with E-state index in [4.69, 9.17) is 5.11 Å². The monoisotopic (exact) mass is 314 g/mol. The van der Waals surface area contributed by atoms with E-state index >= 15 is 0 Å². The van der Waals surface area contributed by atoms with Crippen LogP contribution in [0.5, 0.6) is 0 Å². The SMILES string of the molecule is CCNS(=O)(=O)c1ccc(CC(=O)N(C)CC(=O)O)cc1. The average Bonchev–Trinajstić information content (AvgIpc) is 2.38.